The van der Waals surface area contributed by atoms with Gasteiger partial charge in [-0.3, -0.25) is 52.7 Å². The van der Waals surface area contributed by atoms with E-state index in [0.29, 0.717) is 37.9 Å². The summed E-state index contributed by atoms with van der Waals surface area (Å²) >= 11 is 0. The lowest BCUT2D eigenvalue weighted by Crippen LogP contribution is -2.52. The van der Waals surface area contributed by atoms with Crippen LogP contribution in [0, 0.1) is 0 Å². The van der Waals surface area contributed by atoms with Gasteiger partial charge >= 0.3 is 0 Å². The van der Waals surface area contributed by atoms with Crippen molar-refractivity contribution in [3.63, 3.8) is 0 Å². The highest BCUT2D eigenvalue weighted by molar-refractivity contribution is 5.99. The molecule has 89 heavy (non-hydrogen) atoms. The minimum atomic E-state index is -1.29. The Morgan fingerprint density at radius 1 is 0.562 bits per heavy atom. The first-order valence-electron chi connectivity index (χ1n) is 30.1. The number of pyridine rings is 4. The van der Waals surface area contributed by atoms with Gasteiger partial charge in [0.2, 0.25) is 5.91 Å². The monoisotopic (exact) mass is 1230 g/mol. The SMILES string of the molecule is CCCCOn1c2ccc(c1=O)C(=O)NCCCN(C(=O)c1cccc(=O)n1C)C(C(=O)NCCOCCC)CCCN(C(=O)c1cccc(=O)n1OCc1ccccc1)CCCNC(=O)c1ccc(n(OCCCC)c1=O)C(=O)N[C@@H]1COC[C@@H]1NC2=O. The number of hydrogen-bond acceptors (Lipinski definition) is 16. The average molecular weight is 1230 g/mol. The number of carbonyl (C=O) groups excluding carboxylic acids is 7. The van der Waals surface area contributed by atoms with Crippen LogP contribution in [-0.4, -0.2) is 167 Å². The molecule has 478 valence electrons. The lowest BCUT2D eigenvalue weighted by molar-refractivity contribution is -0.126. The Morgan fingerprint density at radius 2 is 1.12 bits per heavy atom. The van der Waals surface area contributed by atoms with Crippen LogP contribution in [0.4, 0.5) is 0 Å². The standard InChI is InChI=1S/C62H79N11O16/c1-5-8-36-87-72-48-27-25-43(59(72)81)54(76)63-29-16-33-69(61(83)51-21-14-24-53(75)71(51)89-39-42-18-11-10-12-19-42)32-15-22-47(56(78)65-31-38-85-35-7-3)70(62(84)50-20-13-23-52(74)68(50)4)34-17-30-64-55(77)44-26-28-49(73(60(44)82)88-37-9-6-2)58(80)67-46-41-86-40-45(46)66-57(48)79/h10-14,18-21,23-28,45-47H,5-9,15-17,22,29-41H2,1-4H3,(H,63,76)(H,64,77)(H,65,78)(H,66,79)(H,67,80)/t45-,46+,47?/m1/s1. The Kier molecular flexibility index (Phi) is 25.4. The number of hydrogen-bond donors (Lipinski definition) is 5. The quantitative estimate of drug-likeness (QED) is 0.0724. The van der Waals surface area contributed by atoms with E-state index in [0.717, 1.165) is 31.2 Å². The third-order valence-electron chi connectivity index (χ3n) is 14.7. The van der Waals surface area contributed by atoms with Crippen molar-refractivity contribution in [2.24, 2.45) is 7.05 Å². The van der Waals surface area contributed by atoms with E-state index >= 15 is 0 Å². The number of ether oxygens (including phenoxy) is 2. The Bertz CT molecular complexity index is 3530. The first-order chi connectivity index (χ1) is 43.1. The highest BCUT2D eigenvalue weighted by Gasteiger charge is 2.35. The summed E-state index contributed by atoms with van der Waals surface area (Å²) in [6.45, 7) is 5.45. The fourth-order valence-electron chi connectivity index (χ4n) is 9.81. The fourth-order valence-corrected chi connectivity index (χ4v) is 9.81. The van der Waals surface area contributed by atoms with Crippen LogP contribution < -0.4 is 63.3 Å². The largest absolute Gasteiger partial charge is 0.410 e. The molecule has 4 aliphatic rings. The zero-order chi connectivity index (χ0) is 63.8. The predicted octanol–water partition coefficient (Wildman–Crippen LogP) is 1.11. The smallest absolute Gasteiger partial charge is 0.296 e. The molecule has 5 aromatic rings. The van der Waals surface area contributed by atoms with Crippen molar-refractivity contribution in [1.82, 2.24) is 55.1 Å². The maximum absolute atomic E-state index is 14.9. The number of carbonyl (C=O) groups is 7. The van der Waals surface area contributed by atoms with Crippen LogP contribution >= 0.6 is 0 Å². The molecule has 27 heteroatoms. The molecule has 0 spiro atoms. The fraction of sp³-hybridized carbons (Fsp3) is 0.468. The molecule has 0 radical (unpaired) electrons. The molecular formula is C62H79N11O16. The molecule has 1 unspecified atom stereocenters. The van der Waals surface area contributed by atoms with Crippen LogP contribution in [0.1, 0.15) is 147 Å². The second kappa shape index (κ2) is 33.7. The molecule has 1 saturated heterocycles. The van der Waals surface area contributed by atoms with Crippen molar-refractivity contribution >= 4 is 41.4 Å². The van der Waals surface area contributed by atoms with E-state index in [2.05, 4.69) is 26.6 Å². The third-order valence-corrected chi connectivity index (χ3v) is 14.7. The first kappa shape index (κ1) is 67.1. The van der Waals surface area contributed by atoms with Gasteiger partial charge in [-0.2, -0.15) is 0 Å². The van der Waals surface area contributed by atoms with Crippen LogP contribution in [0.3, 0.4) is 0 Å². The zero-order valence-electron chi connectivity index (χ0n) is 50.7. The van der Waals surface area contributed by atoms with Crippen molar-refractivity contribution in [2.75, 3.05) is 78.9 Å². The van der Waals surface area contributed by atoms with Crippen molar-refractivity contribution in [1.29, 1.82) is 0 Å². The van der Waals surface area contributed by atoms with Crippen molar-refractivity contribution in [3.05, 3.63) is 172 Å². The second-order valence-electron chi connectivity index (χ2n) is 21.2. The number of unbranched alkanes of at least 4 members (excludes halogenated alkanes) is 2. The summed E-state index contributed by atoms with van der Waals surface area (Å²) in [7, 11) is 1.41. The Hall–Kier alpha value is -9.37. The first-order valence-corrected chi connectivity index (χ1v) is 30.1. The summed E-state index contributed by atoms with van der Waals surface area (Å²) in [6.07, 6.45) is 3.00. The van der Waals surface area contributed by atoms with Crippen molar-refractivity contribution in [2.45, 2.75) is 103 Å². The number of amides is 7. The van der Waals surface area contributed by atoms with Gasteiger partial charge in [0.05, 0.1) is 31.9 Å². The lowest BCUT2D eigenvalue weighted by atomic mass is 10.1. The molecule has 0 saturated carbocycles. The van der Waals surface area contributed by atoms with Crippen LogP contribution in [0.2, 0.25) is 0 Å². The van der Waals surface area contributed by atoms with E-state index in [1.54, 1.807) is 24.3 Å². The van der Waals surface area contributed by atoms with E-state index in [1.807, 2.05) is 26.8 Å². The highest BCUT2D eigenvalue weighted by Crippen LogP contribution is 2.17. The van der Waals surface area contributed by atoms with Crippen molar-refractivity contribution < 1.29 is 57.5 Å². The van der Waals surface area contributed by atoms with E-state index < -0.39 is 87.3 Å². The summed E-state index contributed by atoms with van der Waals surface area (Å²) in [5, 5.41) is 13.9. The van der Waals surface area contributed by atoms with Crippen LogP contribution in [0.15, 0.2) is 110 Å². The van der Waals surface area contributed by atoms with E-state index in [1.165, 1.54) is 71.4 Å². The van der Waals surface area contributed by atoms with Crippen LogP contribution in [0.5, 0.6) is 0 Å². The molecule has 3 atom stereocenters. The topological polar surface area (TPSA) is 320 Å². The van der Waals surface area contributed by atoms with Crippen LogP contribution in [-0.2, 0) is 27.9 Å². The van der Waals surface area contributed by atoms with Gasteiger partial charge in [0.25, 0.3) is 57.7 Å². The molecule has 7 amide bonds. The summed E-state index contributed by atoms with van der Waals surface area (Å²) in [5.41, 5.74) is -3.90. The molecule has 8 heterocycles. The predicted molar refractivity (Wildman–Crippen MR) is 325 cm³/mol. The van der Waals surface area contributed by atoms with Crippen LogP contribution in [0.25, 0.3) is 0 Å². The maximum Gasteiger partial charge on any atom is 0.296 e. The average Bonchev–Trinajstić information content (AvgIpc) is 2.48. The van der Waals surface area contributed by atoms with Gasteiger partial charge in [-0.15, -0.1) is 14.2 Å². The minimum Gasteiger partial charge on any atom is -0.410 e. The van der Waals surface area contributed by atoms with Gasteiger partial charge < -0.3 is 64.9 Å². The number of nitrogens with one attached hydrogen (secondary N) is 5. The second-order valence-corrected chi connectivity index (χ2v) is 21.2. The summed E-state index contributed by atoms with van der Waals surface area (Å²) in [4.78, 5) is 176. The van der Waals surface area contributed by atoms with Gasteiger partial charge in [0.15, 0.2) is 0 Å². The molecule has 0 aliphatic carbocycles. The molecular weight excluding hydrogens is 1150 g/mol. The molecule has 1 aromatic carbocycles. The highest BCUT2D eigenvalue weighted by atomic mass is 16.7. The van der Waals surface area contributed by atoms with Crippen molar-refractivity contribution in [3.8, 4) is 0 Å². The molecule has 27 nitrogen and oxygen atoms in total. The Balaban J connectivity index is 1.28. The molecule has 4 aliphatic heterocycles. The minimum absolute atomic E-state index is 0.000951. The third kappa shape index (κ3) is 17.9. The lowest BCUT2D eigenvalue weighted by Gasteiger charge is -2.32. The normalized spacial score (nSPS) is 17.4. The number of nitrogens with zero attached hydrogens (tertiary/aromatic N) is 6. The van der Waals surface area contributed by atoms with E-state index in [4.69, 9.17) is 24.0 Å². The molecule has 4 bridgehead atoms. The van der Waals surface area contributed by atoms with Gasteiger partial charge in [0, 0.05) is 65.1 Å². The summed E-state index contributed by atoms with van der Waals surface area (Å²) in [5.74, 6) is -5.29. The number of benzene rings is 1. The summed E-state index contributed by atoms with van der Waals surface area (Å²) in [6, 6.07) is 18.9. The number of aromatic nitrogens is 4. The Labute approximate surface area is 513 Å². The van der Waals surface area contributed by atoms with Gasteiger partial charge in [-0.05, 0) is 86.9 Å². The van der Waals surface area contributed by atoms with E-state index in [9.17, 15) is 52.7 Å². The number of rotatable bonds is 19. The van der Waals surface area contributed by atoms with E-state index in [-0.39, 0.29) is 133 Å². The molecule has 4 aromatic heterocycles. The number of fused-ring (bicyclic) bond motifs is 2. The van der Waals surface area contributed by atoms with Gasteiger partial charge in [-0.25, -0.2) is 0 Å². The summed E-state index contributed by atoms with van der Waals surface area (Å²) < 4.78 is 14.8. The molecule has 9 rings (SSSR count). The van der Waals surface area contributed by atoms with Gasteiger partial charge in [0.1, 0.15) is 59.8 Å². The molecule has 5 N–H and O–H groups in total. The zero-order valence-corrected chi connectivity index (χ0v) is 50.7. The maximum atomic E-state index is 14.9. The van der Waals surface area contributed by atoms with Gasteiger partial charge in [-0.1, -0.05) is 76.1 Å². The Morgan fingerprint density at radius 3 is 1.71 bits per heavy atom. The molecule has 1 fully saturated rings.